The van der Waals surface area contributed by atoms with E-state index in [9.17, 15) is 4.79 Å². The van der Waals surface area contributed by atoms with Crippen molar-refractivity contribution in [1.29, 1.82) is 0 Å². The summed E-state index contributed by atoms with van der Waals surface area (Å²) in [6.45, 7) is 3.17. The number of hydrogen-bond donors (Lipinski definition) is 0. The molecular weight excluding hydrogens is 138 g/mol. The van der Waals surface area contributed by atoms with Gasteiger partial charge in [0, 0.05) is 19.0 Å². The van der Waals surface area contributed by atoms with E-state index in [1.807, 2.05) is 0 Å². The smallest absolute Gasteiger partial charge is 0.121 e. The van der Waals surface area contributed by atoms with Crippen LogP contribution in [0.5, 0.6) is 0 Å². The van der Waals surface area contributed by atoms with Crippen LogP contribution in [0.15, 0.2) is 0 Å². The molecule has 0 amide bonds. The van der Waals surface area contributed by atoms with Gasteiger partial charge in [0.15, 0.2) is 0 Å². The molecule has 0 N–H and O–H groups in total. The molecule has 0 spiro atoms. The molecule has 1 unspecified atom stereocenters. The van der Waals surface area contributed by atoms with E-state index in [1.165, 1.54) is 12.8 Å². The molecule has 0 saturated heterocycles. The van der Waals surface area contributed by atoms with E-state index in [2.05, 4.69) is 18.9 Å². The molecular formula is C9H17NO. The fourth-order valence-corrected chi connectivity index (χ4v) is 1.40. The van der Waals surface area contributed by atoms with Gasteiger partial charge in [-0.1, -0.05) is 0 Å². The van der Waals surface area contributed by atoms with Gasteiger partial charge in [-0.15, -0.1) is 0 Å². The van der Waals surface area contributed by atoms with E-state index in [4.69, 9.17) is 0 Å². The van der Waals surface area contributed by atoms with Gasteiger partial charge in [0.2, 0.25) is 0 Å². The highest BCUT2D eigenvalue weighted by Gasteiger charge is 2.29. The van der Waals surface area contributed by atoms with Crippen molar-refractivity contribution < 1.29 is 4.79 Å². The van der Waals surface area contributed by atoms with Gasteiger partial charge in [0.1, 0.15) is 6.29 Å². The summed E-state index contributed by atoms with van der Waals surface area (Å²) < 4.78 is 0. The Labute approximate surface area is 68.6 Å². The van der Waals surface area contributed by atoms with E-state index in [1.54, 1.807) is 0 Å². The highest BCUT2D eigenvalue weighted by molar-refractivity contribution is 5.49. The molecule has 0 aromatic rings. The quantitative estimate of drug-likeness (QED) is 0.558. The molecule has 1 saturated carbocycles. The first-order valence-electron chi connectivity index (χ1n) is 4.39. The maximum Gasteiger partial charge on any atom is 0.121 e. The third kappa shape index (κ3) is 2.62. The number of rotatable bonds is 5. The zero-order chi connectivity index (χ0) is 8.27. The number of carbonyl (C=O) groups is 1. The fourth-order valence-electron chi connectivity index (χ4n) is 1.40. The average Bonchev–Trinajstić information content (AvgIpc) is 2.81. The maximum absolute atomic E-state index is 10.1. The second-order valence-electron chi connectivity index (χ2n) is 3.51. The van der Waals surface area contributed by atoms with Crippen molar-refractivity contribution in [2.45, 2.75) is 32.2 Å². The predicted molar refractivity (Wildman–Crippen MR) is 45.5 cm³/mol. The molecule has 1 aliphatic carbocycles. The molecule has 0 heterocycles. The van der Waals surface area contributed by atoms with Gasteiger partial charge in [-0.05, 0) is 32.7 Å². The third-order valence-corrected chi connectivity index (χ3v) is 2.60. The van der Waals surface area contributed by atoms with Crippen molar-refractivity contribution in [1.82, 2.24) is 4.90 Å². The minimum absolute atomic E-state index is 0.674. The molecule has 1 aliphatic rings. The summed E-state index contributed by atoms with van der Waals surface area (Å²) in [7, 11) is 2.10. The lowest BCUT2D eigenvalue weighted by atomic mass is 10.2. The lowest BCUT2D eigenvalue weighted by Crippen LogP contribution is -2.31. The fraction of sp³-hybridized carbons (Fsp3) is 0.889. The van der Waals surface area contributed by atoms with Crippen molar-refractivity contribution in [3.63, 3.8) is 0 Å². The van der Waals surface area contributed by atoms with Gasteiger partial charge in [0.05, 0.1) is 0 Å². The van der Waals surface area contributed by atoms with Gasteiger partial charge in [0.25, 0.3) is 0 Å². The Morgan fingerprint density at radius 2 is 2.27 bits per heavy atom. The lowest BCUT2D eigenvalue weighted by molar-refractivity contribution is -0.108. The molecule has 1 fully saturated rings. The molecule has 2 nitrogen and oxygen atoms in total. The second-order valence-corrected chi connectivity index (χ2v) is 3.51. The van der Waals surface area contributed by atoms with Crippen LogP contribution in [0.1, 0.15) is 26.2 Å². The highest BCUT2D eigenvalue weighted by Crippen LogP contribution is 2.34. The van der Waals surface area contributed by atoms with Crippen molar-refractivity contribution in [2.75, 3.05) is 13.6 Å². The third-order valence-electron chi connectivity index (χ3n) is 2.60. The van der Waals surface area contributed by atoms with E-state index >= 15 is 0 Å². The summed E-state index contributed by atoms with van der Waals surface area (Å²) in [5, 5.41) is 0. The van der Waals surface area contributed by atoms with Gasteiger partial charge >= 0.3 is 0 Å². The largest absolute Gasteiger partial charge is 0.303 e. The Hall–Kier alpha value is -0.370. The molecule has 2 heteroatoms. The Morgan fingerprint density at radius 3 is 2.73 bits per heavy atom. The topological polar surface area (TPSA) is 20.3 Å². The highest BCUT2D eigenvalue weighted by atomic mass is 16.1. The van der Waals surface area contributed by atoms with E-state index in [-0.39, 0.29) is 0 Å². The van der Waals surface area contributed by atoms with E-state index in [0.717, 1.165) is 18.7 Å². The molecule has 0 radical (unpaired) electrons. The van der Waals surface area contributed by atoms with Crippen LogP contribution in [0.4, 0.5) is 0 Å². The summed E-state index contributed by atoms with van der Waals surface area (Å²) in [5.74, 6) is 0.909. The van der Waals surface area contributed by atoms with E-state index in [0.29, 0.717) is 12.5 Å². The van der Waals surface area contributed by atoms with Gasteiger partial charge in [-0.2, -0.15) is 0 Å². The number of aldehydes is 1. The first kappa shape index (κ1) is 8.72. The molecule has 64 valence electrons. The van der Waals surface area contributed by atoms with Crippen molar-refractivity contribution in [2.24, 2.45) is 5.92 Å². The van der Waals surface area contributed by atoms with Crippen LogP contribution in [0.3, 0.4) is 0 Å². The van der Waals surface area contributed by atoms with Gasteiger partial charge < -0.3 is 9.69 Å². The van der Waals surface area contributed by atoms with Crippen LogP contribution < -0.4 is 0 Å². The molecule has 0 aromatic carbocycles. The maximum atomic E-state index is 10.1. The Bertz CT molecular complexity index is 132. The minimum Gasteiger partial charge on any atom is -0.303 e. The standard InChI is InChI=1S/C9H17NO/c1-8(9-4-5-9)10(2)6-3-7-11/h7-9H,3-6H2,1-2H3. The van der Waals surface area contributed by atoms with Crippen LogP contribution in [-0.2, 0) is 4.79 Å². The van der Waals surface area contributed by atoms with Gasteiger partial charge in [-0.3, -0.25) is 0 Å². The van der Waals surface area contributed by atoms with E-state index < -0.39 is 0 Å². The van der Waals surface area contributed by atoms with Crippen molar-refractivity contribution in [3.8, 4) is 0 Å². The molecule has 0 aromatic heterocycles. The molecule has 1 atom stereocenters. The normalized spacial score (nSPS) is 20.3. The Kier molecular flexibility index (Phi) is 3.06. The summed E-state index contributed by atoms with van der Waals surface area (Å²) in [6.07, 6.45) is 4.43. The lowest BCUT2D eigenvalue weighted by Gasteiger charge is -2.23. The minimum atomic E-state index is 0.674. The van der Waals surface area contributed by atoms with Crippen LogP contribution in [0, 0.1) is 5.92 Å². The van der Waals surface area contributed by atoms with Crippen LogP contribution >= 0.6 is 0 Å². The predicted octanol–water partition coefficient (Wildman–Crippen LogP) is 1.31. The van der Waals surface area contributed by atoms with Crippen LogP contribution in [-0.4, -0.2) is 30.8 Å². The van der Waals surface area contributed by atoms with Gasteiger partial charge in [-0.25, -0.2) is 0 Å². The number of hydrogen-bond acceptors (Lipinski definition) is 2. The SMILES string of the molecule is CC(C1CC1)N(C)CCC=O. The molecule has 11 heavy (non-hydrogen) atoms. The average molecular weight is 155 g/mol. The van der Waals surface area contributed by atoms with Crippen molar-refractivity contribution in [3.05, 3.63) is 0 Å². The first-order chi connectivity index (χ1) is 5.25. The second kappa shape index (κ2) is 3.86. The number of nitrogens with zero attached hydrogens (tertiary/aromatic N) is 1. The molecule has 0 bridgehead atoms. The monoisotopic (exact) mass is 155 g/mol. The summed E-state index contributed by atoms with van der Waals surface area (Å²) in [6, 6.07) is 0.676. The van der Waals surface area contributed by atoms with Crippen molar-refractivity contribution >= 4 is 6.29 Å². The molecule has 1 rings (SSSR count). The summed E-state index contributed by atoms with van der Waals surface area (Å²) >= 11 is 0. The van der Waals surface area contributed by atoms with Crippen LogP contribution in [0.25, 0.3) is 0 Å². The first-order valence-corrected chi connectivity index (χ1v) is 4.39. The molecule has 0 aliphatic heterocycles. The Morgan fingerprint density at radius 1 is 1.64 bits per heavy atom. The zero-order valence-electron chi connectivity index (χ0n) is 7.42. The summed E-state index contributed by atoms with van der Waals surface area (Å²) in [5.41, 5.74) is 0. The summed E-state index contributed by atoms with van der Waals surface area (Å²) in [4.78, 5) is 12.4. The zero-order valence-corrected chi connectivity index (χ0v) is 7.42. The number of carbonyl (C=O) groups excluding carboxylic acids is 1. The van der Waals surface area contributed by atoms with Crippen LogP contribution in [0.2, 0.25) is 0 Å². The Balaban J connectivity index is 2.15.